The van der Waals surface area contributed by atoms with Crippen molar-refractivity contribution in [2.75, 3.05) is 12.3 Å². The number of imide groups is 1. The van der Waals surface area contributed by atoms with E-state index in [1.165, 1.54) is 24.3 Å². The SMILES string of the molecule is N=c1ccc2c(-c3ccccc3C(=O)O)c3ccc(N)cc3oc-2c1S(=O)(=O)NCCCCCC(=O)ON1C(=O)CCC1=O. The summed E-state index contributed by atoms with van der Waals surface area (Å²) in [5.41, 5.74) is 7.57. The highest BCUT2D eigenvalue weighted by Gasteiger charge is 2.33. The first-order chi connectivity index (χ1) is 21.0. The minimum atomic E-state index is -4.31. The maximum Gasteiger partial charge on any atom is 0.336 e. The average Bonchev–Trinajstić information content (AvgIpc) is 3.29. The Kier molecular flexibility index (Phi) is 8.47. The number of sulfonamides is 1. The first-order valence-corrected chi connectivity index (χ1v) is 15.2. The van der Waals surface area contributed by atoms with Gasteiger partial charge in [0.1, 0.15) is 5.58 Å². The van der Waals surface area contributed by atoms with Crippen molar-refractivity contribution in [3.63, 3.8) is 0 Å². The Labute approximate surface area is 251 Å². The molecular weight excluding hydrogens is 592 g/mol. The van der Waals surface area contributed by atoms with Crippen molar-refractivity contribution in [2.24, 2.45) is 0 Å². The summed E-state index contributed by atoms with van der Waals surface area (Å²) < 4.78 is 35.6. The summed E-state index contributed by atoms with van der Waals surface area (Å²) in [4.78, 5) is 51.6. The van der Waals surface area contributed by atoms with E-state index >= 15 is 0 Å². The van der Waals surface area contributed by atoms with E-state index in [0.29, 0.717) is 52.1 Å². The minimum absolute atomic E-state index is 0.00174. The van der Waals surface area contributed by atoms with Gasteiger partial charge in [0.2, 0.25) is 10.0 Å². The van der Waals surface area contributed by atoms with E-state index in [1.807, 2.05) is 0 Å². The molecule has 3 aliphatic rings. The largest absolute Gasteiger partial charge is 0.478 e. The molecule has 2 aliphatic heterocycles. The molecule has 0 radical (unpaired) electrons. The number of unbranched alkanes of at least 4 members (excludes halogenated alkanes) is 2. The molecule has 228 valence electrons. The molecule has 0 spiro atoms. The summed E-state index contributed by atoms with van der Waals surface area (Å²) in [5, 5.41) is 19.0. The van der Waals surface area contributed by atoms with Gasteiger partial charge in [-0.1, -0.05) is 24.6 Å². The first kappa shape index (κ1) is 30.4. The zero-order chi connectivity index (χ0) is 31.6. The van der Waals surface area contributed by atoms with Gasteiger partial charge < -0.3 is 20.1 Å². The molecule has 0 bridgehead atoms. The van der Waals surface area contributed by atoms with Crippen LogP contribution in [0.4, 0.5) is 5.69 Å². The van der Waals surface area contributed by atoms with Gasteiger partial charge in [-0.3, -0.25) is 15.0 Å². The monoisotopic (exact) mass is 620 g/mol. The molecule has 0 saturated carbocycles. The number of aromatic carboxylic acids is 1. The van der Waals surface area contributed by atoms with Crippen LogP contribution in [0, 0.1) is 5.41 Å². The number of anilines is 1. The number of nitrogen functional groups attached to an aromatic ring is 1. The topological polar surface area (TPSA) is 210 Å². The zero-order valence-electron chi connectivity index (χ0n) is 23.3. The summed E-state index contributed by atoms with van der Waals surface area (Å²) >= 11 is 0. The van der Waals surface area contributed by atoms with Gasteiger partial charge in [0.25, 0.3) is 11.8 Å². The molecule has 1 aliphatic carbocycles. The third-order valence-corrected chi connectivity index (χ3v) is 8.64. The molecule has 0 atom stereocenters. The van der Waals surface area contributed by atoms with E-state index in [4.69, 9.17) is 20.4 Å². The molecule has 5 N–H and O–H groups in total. The molecule has 2 aromatic carbocycles. The third-order valence-electron chi connectivity index (χ3n) is 7.11. The van der Waals surface area contributed by atoms with Gasteiger partial charge in [0, 0.05) is 54.1 Å². The number of nitrogens with zero attached hydrogens (tertiary/aromatic N) is 1. The maximum atomic E-state index is 13.5. The fourth-order valence-electron chi connectivity index (χ4n) is 5.05. The van der Waals surface area contributed by atoms with Gasteiger partial charge in [-0.15, -0.1) is 5.06 Å². The van der Waals surface area contributed by atoms with Crippen LogP contribution in [0.5, 0.6) is 0 Å². The lowest BCUT2D eigenvalue weighted by molar-refractivity contribution is -0.197. The van der Waals surface area contributed by atoms with Crippen molar-refractivity contribution < 1.29 is 42.0 Å². The Morgan fingerprint density at radius 3 is 2.45 bits per heavy atom. The van der Waals surface area contributed by atoms with Crippen molar-refractivity contribution >= 4 is 50.4 Å². The highest BCUT2D eigenvalue weighted by molar-refractivity contribution is 7.89. The average molecular weight is 621 g/mol. The smallest absolute Gasteiger partial charge is 0.336 e. The number of hydrogen-bond donors (Lipinski definition) is 4. The number of hydrogen-bond acceptors (Lipinski definition) is 10. The van der Waals surface area contributed by atoms with Crippen LogP contribution in [0.15, 0.2) is 63.9 Å². The predicted molar refractivity (Wildman–Crippen MR) is 156 cm³/mol. The quantitative estimate of drug-likeness (QED) is 0.0830. The molecule has 1 saturated heterocycles. The Balaban J connectivity index is 1.38. The highest BCUT2D eigenvalue weighted by Crippen LogP contribution is 2.43. The van der Waals surface area contributed by atoms with E-state index in [1.54, 1.807) is 30.3 Å². The van der Waals surface area contributed by atoms with Crippen molar-refractivity contribution in [2.45, 2.75) is 43.4 Å². The molecule has 2 heterocycles. The number of amides is 2. The van der Waals surface area contributed by atoms with Crippen LogP contribution in [0.2, 0.25) is 0 Å². The van der Waals surface area contributed by atoms with Gasteiger partial charge in [0.05, 0.1) is 10.9 Å². The van der Waals surface area contributed by atoms with Crippen LogP contribution < -0.4 is 15.8 Å². The molecule has 0 unspecified atom stereocenters. The van der Waals surface area contributed by atoms with E-state index in [-0.39, 0.29) is 48.1 Å². The summed E-state index contributed by atoms with van der Waals surface area (Å²) in [6, 6.07) is 13.9. The van der Waals surface area contributed by atoms with Crippen LogP contribution in [0.25, 0.3) is 33.4 Å². The Morgan fingerprint density at radius 2 is 1.73 bits per heavy atom. The van der Waals surface area contributed by atoms with Gasteiger partial charge >= 0.3 is 11.9 Å². The standard InChI is InChI=1S/C30H28N4O9S/c31-17-9-10-20-23(16-17)42-28-21(27(20)18-6-3-4-7-19(18)30(38)39)11-12-22(32)29(28)44(40,41)33-15-5-1-2-8-26(37)43-34-24(35)13-14-25(34)36/h3-4,6-7,9-12,16,32-33H,1-2,5,8,13-15,31H2,(H,38,39). The summed E-state index contributed by atoms with van der Waals surface area (Å²) in [6.07, 6.45) is 1.01. The predicted octanol–water partition coefficient (Wildman–Crippen LogP) is 3.41. The molecule has 2 amide bonds. The number of carbonyl (C=O) groups is 4. The molecule has 1 fully saturated rings. The van der Waals surface area contributed by atoms with Crippen LogP contribution in [0.1, 0.15) is 48.9 Å². The molecule has 44 heavy (non-hydrogen) atoms. The molecule has 0 aromatic heterocycles. The van der Waals surface area contributed by atoms with Gasteiger partial charge in [-0.05, 0) is 48.7 Å². The lowest BCUT2D eigenvalue weighted by Crippen LogP contribution is -2.32. The lowest BCUT2D eigenvalue weighted by atomic mass is 9.90. The second-order valence-corrected chi connectivity index (χ2v) is 11.9. The molecule has 13 nitrogen and oxygen atoms in total. The number of carboxylic acid groups (broad SMARTS) is 1. The number of carbonyl (C=O) groups excluding carboxylic acids is 3. The van der Waals surface area contributed by atoms with E-state index in [0.717, 1.165) is 0 Å². The van der Waals surface area contributed by atoms with Crippen molar-refractivity contribution in [3.8, 4) is 22.5 Å². The number of benzene rings is 3. The van der Waals surface area contributed by atoms with Crippen LogP contribution >= 0.6 is 0 Å². The number of rotatable bonds is 11. The summed E-state index contributed by atoms with van der Waals surface area (Å²) in [5.74, 6) is -3.18. The van der Waals surface area contributed by atoms with E-state index < -0.39 is 38.7 Å². The minimum Gasteiger partial charge on any atom is -0.478 e. The fourth-order valence-corrected chi connectivity index (χ4v) is 6.36. The number of nitrogens with one attached hydrogen (secondary N) is 2. The maximum absolute atomic E-state index is 13.5. The Bertz CT molecular complexity index is 1940. The number of nitrogens with two attached hydrogens (primary N) is 1. The third kappa shape index (κ3) is 6.02. The second-order valence-electron chi connectivity index (χ2n) is 10.2. The lowest BCUT2D eigenvalue weighted by Gasteiger charge is -2.19. The normalized spacial score (nSPS) is 13.6. The van der Waals surface area contributed by atoms with Crippen molar-refractivity contribution in [1.29, 1.82) is 5.41 Å². The molecule has 2 aromatic rings. The van der Waals surface area contributed by atoms with Crippen molar-refractivity contribution in [1.82, 2.24) is 9.79 Å². The number of fused-ring (bicyclic) bond motifs is 2. The molecular formula is C30H28N4O9S. The van der Waals surface area contributed by atoms with Crippen LogP contribution in [0.3, 0.4) is 0 Å². The van der Waals surface area contributed by atoms with Gasteiger partial charge in [-0.2, -0.15) is 0 Å². The Hall–Kier alpha value is -5.08. The van der Waals surface area contributed by atoms with Crippen LogP contribution in [-0.4, -0.2) is 48.9 Å². The summed E-state index contributed by atoms with van der Waals surface area (Å²) in [6.45, 7) is -0.0223. The number of carboxylic acids is 1. The second kappa shape index (κ2) is 12.3. The van der Waals surface area contributed by atoms with Gasteiger partial charge in [0.15, 0.2) is 10.7 Å². The number of hydroxylamine groups is 2. The Morgan fingerprint density at radius 1 is 1.00 bits per heavy atom. The van der Waals surface area contributed by atoms with E-state index in [2.05, 4.69) is 4.72 Å². The summed E-state index contributed by atoms with van der Waals surface area (Å²) in [7, 11) is -4.31. The van der Waals surface area contributed by atoms with Gasteiger partial charge in [-0.25, -0.2) is 22.7 Å². The zero-order valence-corrected chi connectivity index (χ0v) is 24.1. The fraction of sp³-hybridized carbons (Fsp3) is 0.233. The highest BCUT2D eigenvalue weighted by atomic mass is 32.2. The van der Waals surface area contributed by atoms with Crippen molar-refractivity contribution in [3.05, 3.63) is 65.5 Å². The molecule has 5 rings (SSSR count). The first-order valence-electron chi connectivity index (χ1n) is 13.7. The molecule has 14 heteroatoms. The van der Waals surface area contributed by atoms with Crippen LogP contribution in [-0.2, 0) is 29.2 Å². The van der Waals surface area contributed by atoms with E-state index in [9.17, 15) is 32.7 Å².